The molecule has 24 heavy (non-hydrogen) atoms. The molecule has 0 aliphatic rings. The molecule has 4 N–H and O–H groups in total. The third-order valence-corrected chi connectivity index (χ3v) is 3.14. The fourth-order valence-corrected chi connectivity index (χ4v) is 1.90. The Morgan fingerprint density at radius 3 is 2.25 bits per heavy atom. The molecule has 0 aliphatic carbocycles. The van der Waals surface area contributed by atoms with Crippen molar-refractivity contribution in [2.75, 3.05) is 11.9 Å². The maximum atomic E-state index is 11.7. The van der Waals surface area contributed by atoms with Crippen molar-refractivity contribution in [3.8, 4) is 0 Å². The molecule has 0 unspecified atom stereocenters. The summed E-state index contributed by atoms with van der Waals surface area (Å²) in [5, 5.41) is 12.3. The lowest BCUT2D eigenvalue weighted by molar-refractivity contribution is -0.156. The van der Waals surface area contributed by atoms with Gasteiger partial charge in [0.15, 0.2) is 12.7 Å². The molecule has 2 aromatic carbocycles. The van der Waals surface area contributed by atoms with Crippen LogP contribution >= 0.6 is 0 Å². The number of ether oxygens (including phenoxy) is 1. The number of hydrogen-bond donors (Lipinski definition) is 3. The Balaban J connectivity index is 1.84. The van der Waals surface area contributed by atoms with Crippen LogP contribution < -0.4 is 11.1 Å². The summed E-state index contributed by atoms with van der Waals surface area (Å²) in [6, 6.07) is 14.2. The van der Waals surface area contributed by atoms with Gasteiger partial charge in [0, 0.05) is 11.3 Å². The van der Waals surface area contributed by atoms with Crippen molar-refractivity contribution in [2.24, 2.45) is 5.73 Å². The van der Waals surface area contributed by atoms with E-state index in [-0.39, 0.29) is 0 Å². The number of carbonyl (C=O) groups excluding carboxylic acids is 3. The first-order valence-electron chi connectivity index (χ1n) is 7.07. The predicted molar refractivity (Wildman–Crippen MR) is 86.0 cm³/mol. The lowest BCUT2D eigenvalue weighted by atomic mass is 10.1. The highest BCUT2D eigenvalue weighted by Gasteiger charge is 2.19. The van der Waals surface area contributed by atoms with Gasteiger partial charge >= 0.3 is 5.97 Å². The number of rotatable bonds is 6. The standard InChI is InChI=1S/C17H16N2O5/c18-16(22)12-6-8-13(9-7-12)19-14(20)10-24-17(23)15(21)11-4-2-1-3-5-11/h1-9,15,21H,10H2,(H2,18,22)(H,19,20)/t15-/m1/s1. The molecule has 0 bridgehead atoms. The third kappa shape index (κ3) is 4.65. The van der Waals surface area contributed by atoms with Crippen molar-refractivity contribution in [1.82, 2.24) is 0 Å². The molecule has 0 saturated carbocycles. The van der Waals surface area contributed by atoms with E-state index < -0.39 is 30.5 Å². The van der Waals surface area contributed by atoms with Crippen molar-refractivity contribution in [3.05, 3.63) is 65.7 Å². The van der Waals surface area contributed by atoms with E-state index in [2.05, 4.69) is 5.32 Å². The van der Waals surface area contributed by atoms with E-state index in [0.29, 0.717) is 16.8 Å². The molecule has 0 spiro atoms. The number of esters is 1. The van der Waals surface area contributed by atoms with Crippen molar-refractivity contribution in [2.45, 2.75) is 6.10 Å². The van der Waals surface area contributed by atoms with E-state index in [1.54, 1.807) is 30.3 Å². The fourth-order valence-electron chi connectivity index (χ4n) is 1.90. The average Bonchev–Trinajstić information content (AvgIpc) is 2.60. The zero-order valence-electron chi connectivity index (χ0n) is 12.6. The highest BCUT2D eigenvalue weighted by atomic mass is 16.5. The molecule has 0 aromatic heterocycles. The van der Waals surface area contributed by atoms with E-state index in [0.717, 1.165) is 0 Å². The molecule has 2 rings (SSSR count). The maximum absolute atomic E-state index is 11.7. The number of aliphatic hydroxyl groups excluding tert-OH is 1. The van der Waals surface area contributed by atoms with Crippen LogP contribution in [0.3, 0.4) is 0 Å². The van der Waals surface area contributed by atoms with Gasteiger partial charge in [-0.2, -0.15) is 0 Å². The van der Waals surface area contributed by atoms with Gasteiger partial charge < -0.3 is 20.9 Å². The van der Waals surface area contributed by atoms with Gasteiger partial charge in [-0.25, -0.2) is 4.79 Å². The van der Waals surface area contributed by atoms with Gasteiger partial charge in [0.05, 0.1) is 0 Å². The number of benzene rings is 2. The number of hydrogen-bond acceptors (Lipinski definition) is 5. The SMILES string of the molecule is NC(=O)c1ccc(NC(=O)COC(=O)[C@H](O)c2ccccc2)cc1. The van der Waals surface area contributed by atoms with Crippen LogP contribution in [0.1, 0.15) is 22.0 Å². The molecule has 2 aromatic rings. The molecule has 0 saturated heterocycles. The minimum absolute atomic E-state index is 0.311. The average molecular weight is 328 g/mol. The van der Waals surface area contributed by atoms with E-state index in [1.165, 1.54) is 24.3 Å². The molecule has 1 atom stereocenters. The van der Waals surface area contributed by atoms with Gasteiger partial charge in [0.25, 0.3) is 5.91 Å². The molecule has 124 valence electrons. The Labute approximate surface area is 138 Å². The fraction of sp³-hybridized carbons (Fsp3) is 0.118. The second-order valence-corrected chi connectivity index (χ2v) is 4.91. The normalized spacial score (nSPS) is 11.4. The molecular formula is C17H16N2O5. The van der Waals surface area contributed by atoms with Gasteiger partial charge in [-0.1, -0.05) is 30.3 Å². The molecule has 0 fully saturated rings. The Hall–Kier alpha value is -3.19. The highest BCUT2D eigenvalue weighted by Crippen LogP contribution is 2.14. The number of nitrogens with two attached hydrogens (primary N) is 1. The van der Waals surface area contributed by atoms with Crippen molar-refractivity contribution in [1.29, 1.82) is 0 Å². The van der Waals surface area contributed by atoms with Crippen LogP contribution in [0.25, 0.3) is 0 Å². The largest absolute Gasteiger partial charge is 0.453 e. The first-order chi connectivity index (χ1) is 11.5. The lowest BCUT2D eigenvalue weighted by Crippen LogP contribution is -2.24. The number of primary amides is 1. The van der Waals surface area contributed by atoms with Crippen LogP contribution in [-0.4, -0.2) is 29.5 Å². The number of aliphatic hydroxyl groups is 1. The molecule has 7 nitrogen and oxygen atoms in total. The van der Waals surface area contributed by atoms with Crippen LogP contribution in [0.15, 0.2) is 54.6 Å². The summed E-state index contributed by atoms with van der Waals surface area (Å²) >= 11 is 0. The number of amides is 2. The summed E-state index contributed by atoms with van der Waals surface area (Å²) in [6.07, 6.45) is -1.45. The van der Waals surface area contributed by atoms with E-state index >= 15 is 0 Å². The summed E-state index contributed by atoms with van der Waals surface area (Å²) in [6.45, 7) is -0.541. The van der Waals surface area contributed by atoms with Crippen LogP contribution in [0.4, 0.5) is 5.69 Å². The zero-order valence-corrected chi connectivity index (χ0v) is 12.6. The van der Waals surface area contributed by atoms with Gasteiger partial charge in [-0.15, -0.1) is 0 Å². The van der Waals surface area contributed by atoms with E-state index in [9.17, 15) is 19.5 Å². The molecule has 2 amide bonds. The monoisotopic (exact) mass is 328 g/mol. The van der Waals surface area contributed by atoms with Crippen molar-refractivity contribution >= 4 is 23.5 Å². The second-order valence-electron chi connectivity index (χ2n) is 4.91. The van der Waals surface area contributed by atoms with Gasteiger partial charge in [0.1, 0.15) is 0 Å². The zero-order chi connectivity index (χ0) is 17.5. The minimum Gasteiger partial charge on any atom is -0.453 e. The van der Waals surface area contributed by atoms with Crippen LogP contribution in [0, 0.1) is 0 Å². The maximum Gasteiger partial charge on any atom is 0.340 e. The van der Waals surface area contributed by atoms with Crippen LogP contribution in [-0.2, 0) is 14.3 Å². The molecular weight excluding hydrogens is 312 g/mol. The quantitative estimate of drug-likeness (QED) is 0.684. The summed E-state index contributed by atoms with van der Waals surface area (Å²) in [7, 11) is 0. The van der Waals surface area contributed by atoms with Crippen molar-refractivity contribution in [3.63, 3.8) is 0 Å². The lowest BCUT2D eigenvalue weighted by Gasteiger charge is -2.11. The molecule has 7 heteroatoms. The highest BCUT2D eigenvalue weighted by molar-refractivity contribution is 5.95. The summed E-state index contributed by atoms with van der Waals surface area (Å²) < 4.78 is 4.78. The van der Waals surface area contributed by atoms with Gasteiger partial charge in [-0.05, 0) is 29.8 Å². The summed E-state index contributed by atoms with van der Waals surface area (Å²) in [5.41, 5.74) is 6.23. The summed E-state index contributed by atoms with van der Waals surface area (Å²) in [5.74, 6) is -2.06. The van der Waals surface area contributed by atoms with Gasteiger partial charge in [0.2, 0.25) is 5.91 Å². The Kier molecular flexibility index (Phi) is 5.64. The molecule has 0 heterocycles. The first-order valence-corrected chi connectivity index (χ1v) is 7.07. The Bertz CT molecular complexity index is 728. The molecule has 0 aliphatic heterocycles. The predicted octanol–water partition coefficient (Wildman–Crippen LogP) is 1.00. The first kappa shape index (κ1) is 17.2. The Morgan fingerprint density at radius 1 is 1.04 bits per heavy atom. The Morgan fingerprint density at radius 2 is 1.67 bits per heavy atom. The second kappa shape index (κ2) is 7.89. The smallest absolute Gasteiger partial charge is 0.340 e. The van der Waals surface area contributed by atoms with E-state index in [1.807, 2.05) is 0 Å². The van der Waals surface area contributed by atoms with Crippen LogP contribution in [0.2, 0.25) is 0 Å². The third-order valence-electron chi connectivity index (χ3n) is 3.14. The van der Waals surface area contributed by atoms with Crippen LogP contribution in [0.5, 0.6) is 0 Å². The number of nitrogens with one attached hydrogen (secondary N) is 1. The summed E-state index contributed by atoms with van der Waals surface area (Å²) in [4.78, 5) is 34.4. The number of anilines is 1. The van der Waals surface area contributed by atoms with Gasteiger partial charge in [-0.3, -0.25) is 9.59 Å². The van der Waals surface area contributed by atoms with E-state index in [4.69, 9.17) is 10.5 Å². The topological polar surface area (TPSA) is 119 Å². The number of carbonyl (C=O) groups is 3. The molecule has 0 radical (unpaired) electrons. The minimum atomic E-state index is -1.45. The van der Waals surface area contributed by atoms with Crippen molar-refractivity contribution < 1.29 is 24.2 Å².